The van der Waals surface area contributed by atoms with Gasteiger partial charge in [-0.1, -0.05) is 13.3 Å². The summed E-state index contributed by atoms with van der Waals surface area (Å²) in [5, 5.41) is 9.40. The first-order valence-corrected chi connectivity index (χ1v) is 10.9. The van der Waals surface area contributed by atoms with Crippen LogP contribution in [-0.2, 0) is 4.79 Å². The molecule has 0 aliphatic carbocycles. The van der Waals surface area contributed by atoms with Gasteiger partial charge in [0.1, 0.15) is 29.4 Å². The number of carbonyl (C=O) groups is 1. The summed E-state index contributed by atoms with van der Waals surface area (Å²) in [7, 11) is 2.95. The second-order valence-electron chi connectivity index (χ2n) is 7.21. The molecule has 2 atom stereocenters. The number of hydrogen-bond donors (Lipinski definition) is 1. The Morgan fingerprint density at radius 1 is 1.32 bits per heavy atom. The second kappa shape index (κ2) is 11.9. The molecule has 0 aliphatic rings. The fourth-order valence-electron chi connectivity index (χ4n) is 3.40. The number of likely N-dealkylation sites (N-methyl/N-ethyl adjacent to an activating group) is 1. The minimum absolute atomic E-state index is 0.0467. The topological polar surface area (TPSA) is 71.8 Å². The van der Waals surface area contributed by atoms with Crippen LogP contribution >= 0.6 is 11.9 Å². The molecule has 31 heavy (non-hydrogen) atoms. The van der Waals surface area contributed by atoms with Gasteiger partial charge in [-0.2, -0.15) is 0 Å². The van der Waals surface area contributed by atoms with Crippen molar-refractivity contribution >= 4 is 23.9 Å². The van der Waals surface area contributed by atoms with E-state index in [0.29, 0.717) is 12.0 Å². The molecule has 0 amide bonds. The standard InChI is InChI=1S/C22H28F2N2O4S/c1-4-6-17(14-28)31-26-9-5-7-20(22(26)29)25(2)13-15(8-10-27)21-18(23)11-16(30-3)12-19(21)24/h5,7,9-12,15,17,28H,4,6,8,13-14H2,1-3H3. The molecule has 2 rings (SSSR count). The molecule has 0 saturated carbocycles. The zero-order valence-corrected chi connectivity index (χ0v) is 18.7. The molecule has 0 radical (unpaired) electrons. The lowest BCUT2D eigenvalue weighted by molar-refractivity contribution is -0.108. The van der Waals surface area contributed by atoms with Crippen LogP contribution in [0.2, 0.25) is 0 Å². The maximum absolute atomic E-state index is 14.6. The Bertz CT molecular complexity index is 915. The molecular weight excluding hydrogens is 426 g/mol. The number of rotatable bonds is 12. The highest BCUT2D eigenvalue weighted by atomic mass is 32.2. The normalized spacial score (nSPS) is 13.0. The SMILES string of the molecule is CCCC(CO)Sn1cccc(N(C)CC(CC=O)c2c(F)cc(OC)cc2F)c1=O. The highest BCUT2D eigenvalue weighted by molar-refractivity contribution is 7.98. The van der Waals surface area contributed by atoms with E-state index in [4.69, 9.17) is 4.74 Å². The number of hydrogen-bond acceptors (Lipinski definition) is 6. The van der Waals surface area contributed by atoms with Gasteiger partial charge in [-0.05, 0) is 30.5 Å². The van der Waals surface area contributed by atoms with Gasteiger partial charge >= 0.3 is 0 Å². The summed E-state index contributed by atoms with van der Waals surface area (Å²) < 4.78 is 35.5. The van der Waals surface area contributed by atoms with Crippen LogP contribution in [0.1, 0.15) is 37.7 Å². The average molecular weight is 455 g/mol. The molecule has 1 aromatic heterocycles. The summed E-state index contributed by atoms with van der Waals surface area (Å²) in [4.78, 5) is 25.7. The van der Waals surface area contributed by atoms with Crippen LogP contribution in [0.4, 0.5) is 14.5 Å². The van der Waals surface area contributed by atoms with Gasteiger partial charge < -0.3 is 19.5 Å². The number of anilines is 1. The molecule has 0 bridgehead atoms. The molecule has 6 nitrogen and oxygen atoms in total. The van der Waals surface area contributed by atoms with Gasteiger partial charge in [-0.3, -0.25) is 8.77 Å². The van der Waals surface area contributed by atoms with Crippen LogP contribution in [-0.4, -0.2) is 47.9 Å². The summed E-state index contributed by atoms with van der Waals surface area (Å²) in [6, 6.07) is 5.46. The summed E-state index contributed by atoms with van der Waals surface area (Å²) in [5.74, 6) is -2.35. The van der Waals surface area contributed by atoms with Gasteiger partial charge in [0.2, 0.25) is 0 Å². The van der Waals surface area contributed by atoms with Crippen LogP contribution in [0.5, 0.6) is 5.75 Å². The van der Waals surface area contributed by atoms with Crippen LogP contribution < -0.4 is 15.2 Å². The third kappa shape index (κ3) is 6.30. The van der Waals surface area contributed by atoms with Crippen molar-refractivity contribution in [2.24, 2.45) is 0 Å². The molecule has 0 spiro atoms. The Hall–Kier alpha value is -2.39. The van der Waals surface area contributed by atoms with Crippen molar-refractivity contribution in [3.63, 3.8) is 0 Å². The van der Waals surface area contributed by atoms with Crippen molar-refractivity contribution in [1.82, 2.24) is 3.97 Å². The first kappa shape index (κ1) is 24.9. The molecule has 170 valence electrons. The summed E-state index contributed by atoms with van der Waals surface area (Å²) >= 11 is 1.24. The predicted octanol–water partition coefficient (Wildman–Crippen LogP) is 3.60. The van der Waals surface area contributed by atoms with E-state index in [1.807, 2.05) is 6.92 Å². The fourth-order valence-corrected chi connectivity index (χ4v) is 4.45. The maximum Gasteiger partial charge on any atom is 0.284 e. The number of aldehydes is 1. The van der Waals surface area contributed by atoms with Crippen molar-refractivity contribution < 1.29 is 23.4 Å². The number of halogens is 2. The molecule has 9 heteroatoms. The van der Waals surface area contributed by atoms with Crippen molar-refractivity contribution in [3.05, 3.63) is 58.0 Å². The molecular formula is C22H28F2N2O4S. The summed E-state index contributed by atoms with van der Waals surface area (Å²) in [6.45, 7) is 2.00. The van der Waals surface area contributed by atoms with E-state index < -0.39 is 17.6 Å². The molecule has 2 unspecified atom stereocenters. The van der Waals surface area contributed by atoms with Crippen molar-refractivity contribution in [1.29, 1.82) is 0 Å². The number of carbonyl (C=O) groups excluding carboxylic acids is 1. The zero-order valence-electron chi connectivity index (χ0n) is 17.9. The van der Waals surface area contributed by atoms with Crippen molar-refractivity contribution in [3.8, 4) is 5.75 Å². The van der Waals surface area contributed by atoms with Gasteiger partial charge in [0, 0.05) is 55.1 Å². The number of ether oxygens (including phenoxy) is 1. The van der Waals surface area contributed by atoms with Crippen molar-refractivity contribution in [2.45, 2.75) is 37.4 Å². The van der Waals surface area contributed by atoms with Crippen LogP contribution in [0.25, 0.3) is 0 Å². The van der Waals surface area contributed by atoms with E-state index >= 15 is 0 Å². The minimum Gasteiger partial charge on any atom is -0.497 e. The monoisotopic (exact) mass is 454 g/mol. The predicted molar refractivity (Wildman–Crippen MR) is 119 cm³/mol. The smallest absolute Gasteiger partial charge is 0.284 e. The van der Waals surface area contributed by atoms with Gasteiger partial charge in [-0.15, -0.1) is 0 Å². The van der Waals surface area contributed by atoms with Crippen LogP contribution in [0.15, 0.2) is 35.3 Å². The van der Waals surface area contributed by atoms with Crippen LogP contribution in [0, 0.1) is 11.6 Å². The fraction of sp³-hybridized carbons (Fsp3) is 0.455. The van der Waals surface area contributed by atoms with Gasteiger partial charge in [0.25, 0.3) is 5.56 Å². The summed E-state index contributed by atoms with van der Waals surface area (Å²) in [5.41, 5.74) is -0.188. The first-order valence-electron chi connectivity index (χ1n) is 10.0. The molecule has 1 aromatic carbocycles. The van der Waals surface area contributed by atoms with E-state index in [1.54, 1.807) is 30.3 Å². The van der Waals surface area contributed by atoms with E-state index in [-0.39, 0.29) is 41.7 Å². The zero-order chi connectivity index (χ0) is 23.0. The molecule has 2 aromatic rings. The molecule has 1 N–H and O–H groups in total. The van der Waals surface area contributed by atoms with E-state index in [1.165, 1.54) is 23.0 Å². The Labute approximate surface area is 185 Å². The number of aromatic nitrogens is 1. The Balaban J connectivity index is 2.32. The number of nitrogens with zero attached hydrogens (tertiary/aromatic N) is 2. The van der Waals surface area contributed by atoms with E-state index in [9.17, 15) is 23.5 Å². The number of pyridine rings is 1. The largest absolute Gasteiger partial charge is 0.497 e. The first-order chi connectivity index (χ1) is 14.9. The Kier molecular flexibility index (Phi) is 9.51. The Morgan fingerprint density at radius 3 is 2.55 bits per heavy atom. The third-order valence-electron chi connectivity index (χ3n) is 4.95. The van der Waals surface area contributed by atoms with Gasteiger partial charge in [-0.25, -0.2) is 8.78 Å². The average Bonchev–Trinajstić information content (AvgIpc) is 2.74. The highest BCUT2D eigenvalue weighted by Gasteiger charge is 2.24. The number of methoxy groups -OCH3 is 1. The van der Waals surface area contributed by atoms with E-state index in [0.717, 1.165) is 25.0 Å². The third-order valence-corrected chi connectivity index (χ3v) is 6.15. The lowest BCUT2D eigenvalue weighted by Crippen LogP contribution is -2.32. The summed E-state index contributed by atoms with van der Waals surface area (Å²) in [6.07, 6.45) is 3.75. The van der Waals surface area contributed by atoms with Gasteiger partial charge in [0.15, 0.2) is 0 Å². The van der Waals surface area contributed by atoms with Crippen LogP contribution in [0.3, 0.4) is 0 Å². The lowest BCUT2D eigenvalue weighted by atomic mass is 9.94. The molecule has 0 aliphatic heterocycles. The number of aliphatic hydroxyl groups is 1. The van der Waals surface area contributed by atoms with Gasteiger partial charge in [0.05, 0.1) is 13.7 Å². The minimum atomic E-state index is -0.802. The second-order valence-corrected chi connectivity index (χ2v) is 8.48. The lowest BCUT2D eigenvalue weighted by Gasteiger charge is -2.26. The molecule has 1 heterocycles. The molecule has 0 saturated heterocycles. The van der Waals surface area contributed by atoms with Crippen molar-refractivity contribution in [2.75, 3.05) is 32.2 Å². The maximum atomic E-state index is 14.6. The highest BCUT2D eigenvalue weighted by Crippen LogP contribution is 2.30. The quantitative estimate of drug-likeness (QED) is 0.494. The molecule has 0 fully saturated rings. The number of benzene rings is 1. The number of aliphatic hydroxyl groups excluding tert-OH is 1. The Morgan fingerprint density at radius 2 is 2.00 bits per heavy atom. The van der Waals surface area contributed by atoms with E-state index in [2.05, 4.69) is 0 Å².